The van der Waals surface area contributed by atoms with Crippen LogP contribution in [0.4, 0.5) is 0 Å². The first kappa shape index (κ1) is 17.4. The Morgan fingerprint density at radius 2 is 1.89 bits per heavy atom. The van der Waals surface area contributed by atoms with E-state index >= 15 is 0 Å². The van der Waals surface area contributed by atoms with Gasteiger partial charge in [0.05, 0.1) is 0 Å². The molecule has 1 heterocycles. The standard InChI is InChI=1S/C14H22N2O.HI/c1-2-3-4-5-6-7-10-16-11-8-9-13(12-16)14(15)17;/h8-9,11-12H,2-7,10H2,1H3,(H-,15,17);1H. The van der Waals surface area contributed by atoms with Gasteiger partial charge in [-0.05, 0) is 12.5 Å². The maximum Gasteiger partial charge on any atom is 0.254 e. The minimum absolute atomic E-state index is 0. The number of nitrogens with two attached hydrogens (primary N) is 1. The van der Waals surface area contributed by atoms with Crippen molar-refractivity contribution < 1.29 is 33.3 Å². The normalized spacial score (nSPS) is 9.83. The molecule has 0 fully saturated rings. The van der Waals surface area contributed by atoms with E-state index in [1.54, 1.807) is 6.07 Å². The van der Waals surface area contributed by atoms with Gasteiger partial charge in [-0.1, -0.05) is 32.6 Å². The van der Waals surface area contributed by atoms with Crippen LogP contribution in [-0.2, 0) is 6.54 Å². The molecule has 0 aliphatic carbocycles. The Bertz CT molecular complexity index is 355. The number of aromatic nitrogens is 1. The van der Waals surface area contributed by atoms with E-state index < -0.39 is 0 Å². The minimum atomic E-state index is -0.359. The van der Waals surface area contributed by atoms with Crippen molar-refractivity contribution in [3.63, 3.8) is 0 Å². The first-order chi connectivity index (χ1) is 8.24. The third-order valence-electron chi connectivity index (χ3n) is 2.91. The highest BCUT2D eigenvalue weighted by Crippen LogP contribution is 2.04. The van der Waals surface area contributed by atoms with Crippen LogP contribution in [0.2, 0.25) is 0 Å². The van der Waals surface area contributed by atoms with E-state index in [1.165, 1.54) is 32.1 Å². The molecule has 4 heteroatoms. The molecule has 1 rings (SSSR count). The lowest BCUT2D eigenvalue weighted by atomic mass is 10.1. The smallest absolute Gasteiger partial charge is 0.254 e. The molecule has 0 aliphatic heterocycles. The summed E-state index contributed by atoms with van der Waals surface area (Å²) in [6, 6.07) is 3.62. The molecule has 0 aromatic carbocycles. The average Bonchev–Trinajstić information content (AvgIpc) is 2.34. The Hall–Kier alpha value is -0.650. The first-order valence-electron chi connectivity index (χ1n) is 6.53. The molecule has 0 radical (unpaired) electrons. The van der Waals surface area contributed by atoms with Crippen molar-refractivity contribution in [2.45, 2.75) is 52.0 Å². The molecule has 1 amide bonds. The molecule has 3 nitrogen and oxygen atoms in total. The fourth-order valence-electron chi connectivity index (χ4n) is 1.88. The van der Waals surface area contributed by atoms with Gasteiger partial charge >= 0.3 is 0 Å². The molecule has 1 aromatic heterocycles. The summed E-state index contributed by atoms with van der Waals surface area (Å²) in [6.07, 6.45) is 11.5. The first-order valence-corrected chi connectivity index (χ1v) is 6.53. The fraction of sp³-hybridized carbons (Fsp3) is 0.571. The van der Waals surface area contributed by atoms with E-state index in [4.69, 9.17) is 5.73 Å². The second-order valence-electron chi connectivity index (χ2n) is 4.46. The van der Waals surface area contributed by atoms with Crippen molar-refractivity contribution in [1.82, 2.24) is 0 Å². The van der Waals surface area contributed by atoms with Gasteiger partial charge in [0.2, 0.25) is 0 Å². The number of rotatable bonds is 8. The van der Waals surface area contributed by atoms with Crippen LogP contribution < -0.4 is 34.3 Å². The highest BCUT2D eigenvalue weighted by Gasteiger charge is 2.06. The van der Waals surface area contributed by atoms with Crippen LogP contribution >= 0.6 is 0 Å². The average molecular weight is 362 g/mol. The van der Waals surface area contributed by atoms with E-state index in [0.29, 0.717) is 5.56 Å². The number of carbonyl (C=O) groups excluding carboxylic acids is 1. The van der Waals surface area contributed by atoms with Gasteiger partial charge in [-0.15, -0.1) is 0 Å². The third-order valence-corrected chi connectivity index (χ3v) is 2.91. The van der Waals surface area contributed by atoms with Gasteiger partial charge < -0.3 is 29.7 Å². The van der Waals surface area contributed by atoms with Crippen LogP contribution in [0, 0.1) is 0 Å². The molecule has 2 N–H and O–H groups in total. The summed E-state index contributed by atoms with van der Waals surface area (Å²) in [5.74, 6) is -0.359. The fourth-order valence-corrected chi connectivity index (χ4v) is 1.88. The van der Waals surface area contributed by atoms with E-state index in [9.17, 15) is 4.79 Å². The molecule has 0 bridgehead atoms. The summed E-state index contributed by atoms with van der Waals surface area (Å²) in [4.78, 5) is 11.0. The molecule has 0 unspecified atom stereocenters. The number of nitrogens with zero attached hydrogens (tertiary/aromatic N) is 1. The van der Waals surface area contributed by atoms with Crippen LogP contribution in [0.25, 0.3) is 0 Å². The SMILES string of the molecule is CCCCCCCC[n+]1cccc(C(N)=O)c1.[I-]. The lowest BCUT2D eigenvalue weighted by Gasteiger charge is -1.99. The molecule has 0 aliphatic rings. The molecule has 18 heavy (non-hydrogen) atoms. The van der Waals surface area contributed by atoms with Gasteiger partial charge in [-0.25, -0.2) is 4.57 Å². The third kappa shape index (κ3) is 6.93. The molecule has 0 saturated heterocycles. The molecule has 0 atom stereocenters. The van der Waals surface area contributed by atoms with Crippen LogP contribution in [0.1, 0.15) is 55.8 Å². The summed E-state index contributed by atoms with van der Waals surface area (Å²) in [5.41, 5.74) is 5.82. The maximum absolute atomic E-state index is 11.0. The number of hydrogen-bond acceptors (Lipinski definition) is 1. The van der Waals surface area contributed by atoms with Gasteiger partial charge in [0.25, 0.3) is 5.91 Å². The molecule has 102 valence electrons. The zero-order chi connectivity index (χ0) is 12.5. The Kier molecular flexibility index (Phi) is 9.92. The van der Waals surface area contributed by atoms with Crippen LogP contribution in [0.15, 0.2) is 24.5 Å². The van der Waals surface area contributed by atoms with E-state index in [-0.39, 0.29) is 29.9 Å². The van der Waals surface area contributed by atoms with Gasteiger partial charge in [0.1, 0.15) is 12.1 Å². The number of unbranched alkanes of at least 4 members (excludes halogenated alkanes) is 5. The Labute approximate surface area is 127 Å². The quantitative estimate of drug-likeness (QED) is 0.376. The summed E-state index contributed by atoms with van der Waals surface area (Å²) < 4.78 is 2.04. The number of aryl methyl sites for hydroxylation is 1. The maximum atomic E-state index is 11.0. The number of amides is 1. The highest BCUT2D eigenvalue weighted by atomic mass is 127. The van der Waals surface area contributed by atoms with Gasteiger partial charge in [0, 0.05) is 12.5 Å². The Balaban J connectivity index is 0.00000289. The molecule has 0 spiro atoms. The topological polar surface area (TPSA) is 47.0 Å². The monoisotopic (exact) mass is 362 g/mol. The predicted octanol–water partition coefficient (Wildman–Crippen LogP) is -0.562. The minimum Gasteiger partial charge on any atom is -1.00 e. The van der Waals surface area contributed by atoms with E-state index in [1.807, 2.05) is 23.0 Å². The number of pyridine rings is 1. The largest absolute Gasteiger partial charge is 1.00 e. The lowest BCUT2D eigenvalue weighted by Crippen LogP contribution is -3.00. The zero-order valence-electron chi connectivity index (χ0n) is 11.1. The van der Waals surface area contributed by atoms with Crippen molar-refractivity contribution in [3.8, 4) is 0 Å². The molecule has 1 aromatic rings. The van der Waals surface area contributed by atoms with Crippen molar-refractivity contribution >= 4 is 5.91 Å². The molecular formula is C14H23IN2O. The van der Waals surface area contributed by atoms with Crippen molar-refractivity contribution in [2.24, 2.45) is 5.73 Å². The lowest BCUT2D eigenvalue weighted by molar-refractivity contribution is -0.697. The van der Waals surface area contributed by atoms with Crippen molar-refractivity contribution in [1.29, 1.82) is 0 Å². The van der Waals surface area contributed by atoms with Crippen molar-refractivity contribution in [3.05, 3.63) is 30.1 Å². The van der Waals surface area contributed by atoms with Gasteiger partial charge in [-0.2, -0.15) is 0 Å². The number of hydrogen-bond donors (Lipinski definition) is 1. The predicted molar refractivity (Wildman–Crippen MR) is 68.5 cm³/mol. The summed E-state index contributed by atoms with van der Waals surface area (Å²) in [6.45, 7) is 3.19. The molecule has 0 saturated carbocycles. The van der Waals surface area contributed by atoms with Gasteiger partial charge in [-0.3, -0.25) is 4.79 Å². The second kappa shape index (κ2) is 10.3. The zero-order valence-corrected chi connectivity index (χ0v) is 13.2. The summed E-state index contributed by atoms with van der Waals surface area (Å²) in [7, 11) is 0. The summed E-state index contributed by atoms with van der Waals surface area (Å²) in [5, 5.41) is 0. The van der Waals surface area contributed by atoms with Crippen LogP contribution in [0.5, 0.6) is 0 Å². The number of carbonyl (C=O) groups is 1. The van der Waals surface area contributed by atoms with E-state index in [0.717, 1.165) is 13.0 Å². The number of primary amides is 1. The van der Waals surface area contributed by atoms with E-state index in [2.05, 4.69) is 6.92 Å². The molecular weight excluding hydrogens is 339 g/mol. The second-order valence-corrected chi connectivity index (χ2v) is 4.46. The van der Waals surface area contributed by atoms with Gasteiger partial charge in [0.15, 0.2) is 12.4 Å². The Morgan fingerprint density at radius 1 is 1.22 bits per heavy atom. The van der Waals surface area contributed by atoms with Crippen LogP contribution in [-0.4, -0.2) is 5.91 Å². The number of halogens is 1. The highest BCUT2D eigenvalue weighted by molar-refractivity contribution is 5.92. The van der Waals surface area contributed by atoms with Crippen LogP contribution in [0.3, 0.4) is 0 Å². The van der Waals surface area contributed by atoms with Crippen molar-refractivity contribution in [2.75, 3.05) is 0 Å². The summed E-state index contributed by atoms with van der Waals surface area (Å²) >= 11 is 0. The Morgan fingerprint density at radius 3 is 2.56 bits per heavy atom.